The van der Waals surface area contributed by atoms with Crippen LogP contribution in [0.3, 0.4) is 0 Å². The quantitative estimate of drug-likeness (QED) is 0.733. The second-order valence-corrected chi connectivity index (χ2v) is 9.82. The molecule has 0 N–H and O–H groups in total. The van der Waals surface area contributed by atoms with Crippen LogP contribution in [0, 0.1) is 0 Å². The molecule has 3 aliphatic heterocycles. The van der Waals surface area contributed by atoms with E-state index in [2.05, 4.69) is 76.4 Å². The van der Waals surface area contributed by atoms with Crippen molar-refractivity contribution in [2.24, 2.45) is 0 Å². The second kappa shape index (κ2) is 6.23. The molecular weight excluding hydrogens is 279 g/mol. The smallest absolute Gasteiger partial charge is 0.0508 e. The number of nitrogens with zero attached hydrogens (tertiary/aromatic N) is 4. The first-order valence-corrected chi connectivity index (χ1v) is 9.68. The lowest BCUT2D eigenvalue weighted by Gasteiger charge is -2.50. The third-order valence-corrected chi connectivity index (χ3v) is 9.08. The highest BCUT2D eigenvalue weighted by Crippen LogP contribution is 2.54. The van der Waals surface area contributed by atoms with Crippen LogP contribution in [-0.2, 0) is 0 Å². The summed E-state index contributed by atoms with van der Waals surface area (Å²) in [6.07, 6.45) is 1.14. The number of fused-ring (bicyclic) bond motifs is 6. The van der Waals surface area contributed by atoms with E-state index in [4.69, 9.17) is 0 Å². The fourth-order valence-electron chi connectivity index (χ4n) is 3.41. The molecule has 3 heterocycles. The van der Waals surface area contributed by atoms with E-state index in [1.807, 2.05) is 0 Å². The molecule has 0 atom stereocenters. The Morgan fingerprint density at radius 2 is 1.52 bits per heavy atom. The van der Waals surface area contributed by atoms with Gasteiger partial charge in [-0.05, 0) is 32.5 Å². The third-order valence-electron chi connectivity index (χ3n) is 4.71. The molecule has 116 valence electrons. The Morgan fingerprint density at radius 3 is 2.14 bits per heavy atom. The van der Waals surface area contributed by atoms with E-state index in [0.29, 0.717) is 0 Å². The Kier molecular flexibility index (Phi) is 4.53. The normalized spacial score (nSPS) is 32.4. The number of rotatable bonds is 1. The molecule has 1 aromatic rings. The van der Waals surface area contributed by atoms with Gasteiger partial charge in [0.2, 0.25) is 0 Å². The largest absolute Gasteiger partial charge is 0.288 e. The summed E-state index contributed by atoms with van der Waals surface area (Å²) in [5, 5.41) is 0. The minimum atomic E-state index is -1.44. The van der Waals surface area contributed by atoms with Crippen molar-refractivity contribution in [3.8, 4) is 0 Å². The van der Waals surface area contributed by atoms with Gasteiger partial charge in [-0.3, -0.25) is 19.1 Å². The number of likely N-dealkylation sites (N-methyl/N-ethyl adjacent to an activating group) is 2. The molecular formula is C16H27N4P. The number of benzene rings is 1. The van der Waals surface area contributed by atoms with E-state index in [1.165, 1.54) is 18.7 Å². The van der Waals surface area contributed by atoms with Gasteiger partial charge in [0.05, 0.1) is 6.67 Å². The van der Waals surface area contributed by atoms with Gasteiger partial charge in [0, 0.05) is 39.7 Å². The van der Waals surface area contributed by atoms with E-state index < -0.39 is 7.19 Å². The molecule has 0 aromatic heterocycles. The maximum atomic E-state index is 2.63. The Balaban J connectivity index is 2.09. The van der Waals surface area contributed by atoms with E-state index >= 15 is 0 Å². The van der Waals surface area contributed by atoms with Gasteiger partial charge in [0.25, 0.3) is 0 Å². The van der Waals surface area contributed by atoms with Crippen LogP contribution in [0.1, 0.15) is 5.56 Å². The molecule has 3 aliphatic rings. The Morgan fingerprint density at radius 1 is 0.905 bits per heavy atom. The summed E-state index contributed by atoms with van der Waals surface area (Å²) in [6.45, 7) is 5.79. The Labute approximate surface area is 129 Å². The molecule has 3 fully saturated rings. The van der Waals surface area contributed by atoms with Crippen LogP contribution in [-0.4, -0.2) is 85.2 Å². The van der Waals surface area contributed by atoms with Crippen molar-refractivity contribution < 1.29 is 0 Å². The first kappa shape index (κ1) is 15.3. The zero-order valence-electron chi connectivity index (χ0n) is 13.4. The van der Waals surface area contributed by atoms with E-state index in [-0.39, 0.29) is 0 Å². The predicted octanol–water partition coefficient (Wildman–Crippen LogP) is 1.72. The second-order valence-electron chi connectivity index (χ2n) is 6.35. The van der Waals surface area contributed by atoms with Gasteiger partial charge < -0.3 is 0 Å². The molecule has 4 nitrogen and oxygen atoms in total. The van der Waals surface area contributed by atoms with Crippen LogP contribution >= 0.6 is 7.19 Å². The van der Waals surface area contributed by atoms with Crippen LogP contribution in [0.25, 0.3) is 0 Å². The van der Waals surface area contributed by atoms with Gasteiger partial charge in [-0.2, -0.15) is 0 Å². The number of hydrogen-bond donors (Lipinski definition) is 0. The fourth-order valence-corrected chi connectivity index (χ4v) is 7.16. The van der Waals surface area contributed by atoms with Gasteiger partial charge in [0.1, 0.15) is 0 Å². The Hall–Kier alpha value is -0.640. The molecule has 0 spiro atoms. The van der Waals surface area contributed by atoms with Crippen LogP contribution in [0.4, 0.5) is 0 Å². The molecule has 0 amide bonds. The molecule has 1 aromatic carbocycles. The predicted molar refractivity (Wildman–Crippen MR) is 92.9 cm³/mol. The minimum Gasteiger partial charge on any atom is -0.288 e. The van der Waals surface area contributed by atoms with E-state index in [9.17, 15) is 0 Å². The third kappa shape index (κ3) is 3.10. The maximum Gasteiger partial charge on any atom is 0.0508 e. The van der Waals surface area contributed by atoms with Gasteiger partial charge in [0.15, 0.2) is 0 Å². The molecule has 4 rings (SSSR count). The zero-order valence-corrected chi connectivity index (χ0v) is 14.3. The van der Waals surface area contributed by atoms with Gasteiger partial charge in [-0.15, -0.1) is 0 Å². The average Bonchev–Trinajstić information content (AvgIpc) is 2.47. The maximum absolute atomic E-state index is 2.63. The van der Waals surface area contributed by atoms with E-state index in [1.54, 1.807) is 0 Å². The molecule has 0 unspecified atom stereocenters. The van der Waals surface area contributed by atoms with Crippen molar-refractivity contribution in [1.82, 2.24) is 19.1 Å². The van der Waals surface area contributed by atoms with Crippen molar-refractivity contribution in [2.75, 3.05) is 60.3 Å². The highest BCUT2D eigenvalue weighted by molar-refractivity contribution is 7.70. The van der Waals surface area contributed by atoms with Crippen LogP contribution in [0.5, 0.6) is 0 Å². The van der Waals surface area contributed by atoms with Crippen molar-refractivity contribution in [1.29, 1.82) is 0 Å². The molecule has 3 saturated heterocycles. The van der Waals surface area contributed by atoms with Gasteiger partial charge in [-0.1, -0.05) is 30.3 Å². The summed E-state index contributed by atoms with van der Waals surface area (Å²) in [5.74, 6) is 2.56. The summed E-state index contributed by atoms with van der Waals surface area (Å²) in [7, 11) is 5.44. The van der Waals surface area contributed by atoms with E-state index in [0.717, 1.165) is 26.0 Å². The monoisotopic (exact) mass is 306 g/mol. The number of hydrogen-bond acceptors (Lipinski definition) is 4. The summed E-state index contributed by atoms with van der Waals surface area (Å²) in [4.78, 5) is 5.07. The molecule has 21 heavy (non-hydrogen) atoms. The van der Waals surface area contributed by atoms with Crippen molar-refractivity contribution in [3.63, 3.8) is 0 Å². The van der Waals surface area contributed by atoms with Crippen molar-refractivity contribution in [3.05, 3.63) is 35.9 Å². The zero-order chi connectivity index (χ0) is 14.9. The fraction of sp³-hybridized carbons (Fsp3) is 0.562. The molecule has 5 heteroatoms. The van der Waals surface area contributed by atoms with Crippen molar-refractivity contribution in [2.45, 2.75) is 0 Å². The molecule has 0 saturated carbocycles. The lowest BCUT2D eigenvalue weighted by Crippen LogP contribution is -2.51. The molecule has 0 radical (unpaired) electrons. The summed E-state index contributed by atoms with van der Waals surface area (Å²) >= 11 is 0. The highest BCUT2D eigenvalue weighted by Gasteiger charge is 2.34. The van der Waals surface area contributed by atoms with Crippen LogP contribution < -0.4 is 0 Å². The summed E-state index contributed by atoms with van der Waals surface area (Å²) in [6, 6.07) is 10.9. The Bertz CT molecular complexity index is 512. The lowest BCUT2D eigenvalue weighted by atomic mass is 10.2. The van der Waals surface area contributed by atoms with Gasteiger partial charge >= 0.3 is 0 Å². The first-order valence-electron chi connectivity index (χ1n) is 7.73. The van der Waals surface area contributed by atoms with Gasteiger partial charge in [-0.25, -0.2) is 0 Å². The average molecular weight is 306 g/mol. The molecule has 2 bridgehead atoms. The lowest BCUT2D eigenvalue weighted by molar-refractivity contribution is 0.132. The van der Waals surface area contributed by atoms with Crippen molar-refractivity contribution >= 4 is 13.0 Å². The summed E-state index contributed by atoms with van der Waals surface area (Å²) in [5.41, 5.74) is 1.36. The van der Waals surface area contributed by atoms with Crippen LogP contribution in [0.2, 0.25) is 0 Å². The summed E-state index contributed by atoms with van der Waals surface area (Å²) < 4.78 is 5.25. The minimum absolute atomic E-state index is 1.10. The molecule has 0 aliphatic carbocycles. The first-order chi connectivity index (χ1) is 10.1. The topological polar surface area (TPSA) is 13.0 Å². The standard InChI is InChI=1S/C16H27N4P/c1-17-14-20-11-9-18(2)21(15-17,19(3)10-12-20)13-16-7-5-4-6-8-16/h4-8,13H,9-12,14-15H2,1-3H3. The van der Waals surface area contributed by atoms with Crippen LogP contribution in [0.15, 0.2) is 30.3 Å². The highest BCUT2D eigenvalue weighted by atomic mass is 31.2. The SMILES string of the molecule is CN1CN2CCN(C)P(=Cc3ccccc3)(C1)N(C)CC2.